The third-order valence-corrected chi connectivity index (χ3v) is 12.3. The van der Waals surface area contributed by atoms with Gasteiger partial charge in [-0.15, -0.1) is 0 Å². The Balaban J connectivity index is 1.18. The topological polar surface area (TPSA) is 118 Å². The van der Waals surface area contributed by atoms with Gasteiger partial charge in [-0.2, -0.15) is 0 Å². The van der Waals surface area contributed by atoms with Crippen molar-refractivity contribution in [1.29, 1.82) is 0 Å². The SMILES string of the molecule is CC(c1ccc(-c2ccccc2)cc1)(c1ccc(Oc2ccc(O)cc2)c(-c2ccccc2Oc2ccc(O)cc2)c1)c1ccc(Oc2ccc(O)cc2)c(-c2ccccc2Oc2ccc(O)cc2)c1. The Morgan fingerprint density at radius 2 is 0.571 bits per heavy atom. The Morgan fingerprint density at radius 3 is 0.943 bits per heavy atom. The maximum Gasteiger partial charge on any atom is 0.135 e. The predicted octanol–water partition coefficient (Wildman–Crippen LogP) is 16.0. The van der Waals surface area contributed by atoms with E-state index in [1.54, 1.807) is 97.1 Å². The molecule has 10 rings (SSSR count). The van der Waals surface area contributed by atoms with Gasteiger partial charge in [0.2, 0.25) is 0 Å². The van der Waals surface area contributed by atoms with Crippen molar-refractivity contribution in [1.82, 2.24) is 0 Å². The smallest absolute Gasteiger partial charge is 0.135 e. The van der Waals surface area contributed by atoms with Gasteiger partial charge in [-0.25, -0.2) is 0 Å². The van der Waals surface area contributed by atoms with Gasteiger partial charge in [0.25, 0.3) is 0 Å². The van der Waals surface area contributed by atoms with Crippen LogP contribution in [0.3, 0.4) is 0 Å². The second-order valence-corrected chi connectivity index (χ2v) is 16.9. The third-order valence-electron chi connectivity index (χ3n) is 12.3. The highest BCUT2D eigenvalue weighted by Gasteiger charge is 2.34. The average molecular weight is 919 g/mol. The minimum absolute atomic E-state index is 0.123. The lowest BCUT2D eigenvalue weighted by Crippen LogP contribution is -2.25. The molecule has 0 aliphatic heterocycles. The maximum absolute atomic E-state index is 10.1. The fourth-order valence-electron chi connectivity index (χ4n) is 8.53. The second-order valence-electron chi connectivity index (χ2n) is 16.9. The first kappa shape index (κ1) is 44.4. The zero-order valence-electron chi connectivity index (χ0n) is 37.9. The molecule has 0 aliphatic rings. The second kappa shape index (κ2) is 19.4. The van der Waals surface area contributed by atoms with Crippen molar-refractivity contribution >= 4 is 0 Å². The molecule has 342 valence electrons. The van der Waals surface area contributed by atoms with Gasteiger partial charge in [0, 0.05) is 27.7 Å². The molecule has 0 saturated carbocycles. The maximum atomic E-state index is 10.1. The van der Waals surface area contributed by atoms with Gasteiger partial charge >= 0.3 is 0 Å². The molecule has 0 saturated heterocycles. The summed E-state index contributed by atoms with van der Waals surface area (Å²) in [5, 5.41) is 40.4. The van der Waals surface area contributed by atoms with E-state index in [1.165, 1.54) is 0 Å². The van der Waals surface area contributed by atoms with E-state index in [0.29, 0.717) is 46.0 Å². The highest BCUT2D eigenvalue weighted by atomic mass is 16.5. The summed E-state index contributed by atoms with van der Waals surface area (Å²) in [4.78, 5) is 0. The molecule has 0 heterocycles. The number of rotatable bonds is 14. The fourth-order valence-corrected chi connectivity index (χ4v) is 8.53. The van der Waals surface area contributed by atoms with Crippen LogP contribution in [0.5, 0.6) is 69.0 Å². The van der Waals surface area contributed by atoms with Gasteiger partial charge in [-0.05, 0) is 168 Å². The number of phenols is 4. The summed E-state index contributed by atoms with van der Waals surface area (Å²) in [6.07, 6.45) is 0. The van der Waals surface area contributed by atoms with Crippen molar-refractivity contribution in [2.45, 2.75) is 12.3 Å². The van der Waals surface area contributed by atoms with Crippen LogP contribution in [-0.4, -0.2) is 20.4 Å². The number of phenolic OH excluding ortho intramolecular Hbond substituents is 4. The summed E-state index contributed by atoms with van der Waals surface area (Å²) < 4.78 is 26.4. The van der Waals surface area contributed by atoms with Crippen molar-refractivity contribution < 1.29 is 39.4 Å². The van der Waals surface area contributed by atoms with Gasteiger partial charge in [-0.3, -0.25) is 0 Å². The fraction of sp³-hybridized carbons (Fsp3) is 0.0323. The van der Waals surface area contributed by atoms with Crippen LogP contribution >= 0.6 is 0 Å². The Labute approximate surface area is 405 Å². The Morgan fingerprint density at radius 1 is 0.271 bits per heavy atom. The minimum atomic E-state index is -0.855. The molecule has 0 atom stereocenters. The zero-order chi connectivity index (χ0) is 48.0. The molecule has 0 fully saturated rings. The molecule has 0 unspecified atom stereocenters. The Bertz CT molecular complexity index is 3200. The lowest BCUT2D eigenvalue weighted by atomic mass is 9.70. The molecule has 0 spiro atoms. The van der Waals surface area contributed by atoms with Crippen molar-refractivity contribution in [3.05, 3.63) is 253 Å². The summed E-state index contributed by atoms with van der Waals surface area (Å²) in [6.45, 7) is 2.21. The highest BCUT2D eigenvalue weighted by Crippen LogP contribution is 2.49. The number of hydrogen-bond donors (Lipinski definition) is 4. The molecule has 10 aromatic rings. The van der Waals surface area contributed by atoms with Gasteiger partial charge in [-0.1, -0.05) is 103 Å². The van der Waals surface area contributed by atoms with E-state index < -0.39 is 5.41 Å². The van der Waals surface area contributed by atoms with Crippen molar-refractivity contribution in [2.75, 3.05) is 0 Å². The normalized spacial score (nSPS) is 11.2. The van der Waals surface area contributed by atoms with Crippen LogP contribution in [0.25, 0.3) is 33.4 Å². The monoisotopic (exact) mass is 918 g/mol. The molecule has 8 heteroatoms. The molecular weight excluding hydrogens is 873 g/mol. The van der Waals surface area contributed by atoms with Crippen LogP contribution < -0.4 is 18.9 Å². The standard InChI is InChI=1S/C62H46O8/c1-62(43-17-15-42(16-18-43)41-9-3-2-4-10-41,44-19-37-60(69-52-33-25-48(65)26-34-52)56(39-44)54-11-5-7-13-58(54)67-50-29-21-46(63)22-30-50)45-20-38-61(70-53-35-27-49(66)28-36-53)57(40-45)55-12-6-8-14-59(55)68-51-31-23-47(64)24-32-51/h2-40,63-66H,1H3. The first-order valence-corrected chi connectivity index (χ1v) is 22.7. The largest absolute Gasteiger partial charge is 0.508 e. The molecule has 10 aromatic carbocycles. The molecule has 4 N–H and O–H groups in total. The lowest BCUT2D eigenvalue weighted by Gasteiger charge is -2.34. The molecule has 0 bridgehead atoms. The Hall–Kier alpha value is -9.40. The zero-order valence-corrected chi connectivity index (χ0v) is 37.9. The summed E-state index contributed by atoms with van der Waals surface area (Å²) in [7, 11) is 0. The number of ether oxygens (including phenoxy) is 4. The van der Waals surface area contributed by atoms with Crippen LogP contribution in [0.15, 0.2) is 237 Å². The van der Waals surface area contributed by atoms with E-state index in [9.17, 15) is 20.4 Å². The van der Waals surface area contributed by atoms with E-state index in [-0.39, 0.29) is 23.0 Å². The lowest BCUT2D eigenvalue weighted by molar-refractivity contribution is 0.462. The number of benzene rings is 10. The molecular formula is C62H46O8. The first-order valence-electron chi connectivity index (χ1n) is 22.7. The van der Waals surface area contributed by atoms with Crippen molar-refractivity contribution in [2.24, 2.45) is 0 Å². The molecule has 0 aromatic heterocycles. The van der Waals surface area contributed by atoms with E-state index in [0.717, 1.165) is 50.1 Å². The molecule has 0 aliphatic carbocycles. The Kier molecular flexibility index (Phi) is 12.3. The molecule has 0 radical (unpaired) electrons. The number of hydrogen-bond acceptors (Lipinski definition) is 8. The average Bonchev–Trinajstić information content (AvgIpc) is 3.40. The van der Waals surface area contributed by atoms with Crippen LogP contribution in [-0.2, 0) is 5.41 Å². The van der Waals surface area contributed by atoms with E-state index in [2.05, 4.69) is 67.6 Å². The van der Waals surface area contributed by atoms with Gasteiger partial charge < -0.3 is 39.4 Å². The summed E-state index contributed by atoms with van der Waals surface area (Å²) in [6, 6.07) is 73.2. The summed E-state index contributed by atoms with van der Waals surface area (Å²) in [5.41, 5.74) is 7.18. The molecule has 8 nitrogen and oxygen atoms in total. The van der Waals surface area contributed by atoms with Crippen LogP contribution in [0.1, 0.15) is 23.6 Å². The van der Waals surface area contributed by atoms with E-state index in [1.807, 2.05) is 78.9 Å². The number of aromatic hydroxyl groups is 4. The molecule has 0 amide bonds. The van der Waals surface area contributed by atoms with Crippen LogP contribution in [0.4, 0.5) is 0 Å². The third kappa shape index (κ3) is 9.56. The van der Waals surface area contributed by atoms with Crippen molar-refractivity contribution in [3.8, 4) is 102 Å². The van der Waals surface area contributed by atoms with Crippen molar-refractivity contribution in [3.63, 3.8) is 0 Å². The predicted molar refractivity (Wildman–Crippen MR) is 274 cm³/mol. The quantitative estimate of drug-likeness (QED) is 0.0797. The summed E-state index contributed by atoms with van der Waals surface area (Å²) in [5.74, 6) is 4.90. The number of para-hydroxylation sites is 2. The van der Waals surface area contributed by atoms with Crippen LogP contribution in [0.2, 0.25) is 0 Å². The van der Waals surface area contributed by atoms with E-state index in [4.69, 9.17) is 18.9 Å². The minimum Gasteiger partial charge on any atom is -0.508 e. The van der Waals surface area contributed by atoms with Gasteiger partial charge in [0.1, 0.15) is 69.0 Å². The first-order chi connectivity index (χ1) is 34.2. The highest BCUT2D eigenvalue weighted by molar-refractivity contribution is 5.80. The molecule has 70 heavy (non-hydrogen) atoms. The van der Waals surface area contributed by atoms with Gasteiger partial charge in [0.15, 0.2) is 0 Å². The van der Waals surface area contributed by atoms with Gasteiger partial charge in [0.05, 0.1) is 0 Å². The van der Waals surface area contributed by atoms with Crippen LogP contribution in [0, 0.1) is 0 Å². The summed E-state index contributed by atoms with van der Waals surface area (Å²) >= 11 is 0. The van der Waals surface area contributed by atoms with E-state index >= 15 is 0 Å².